The molecule has 0 saturated carbocycles. The van der Waals surface area contributed by atoms with Crippen molar-refractivity contribution < 1.29 is 0 Å². The van der Waals surface area contributed by atoms with E-state index in [1.54, 1.807) is 0 Å². The predicted octanol–water partition coefficient (Wildman–Crippen LogP) is 3.16. The van der Waals surface area contributed by atoms with E-state index in [2.05, 4.69) is 19.2 Å². The normalized spacial score (nSPS) is 10.5. The molecule has 0 bridgehead atoms. The average molecular weight is 170 g/mol. The zero-order chi connectivity index (χ0) is 9.07. The van der Waals surface area contributed by atoms with Crippen LogP contribution in [0, 0.1) is 6.92 Å². The van der Waals surface area contributed by atoms with E-state index in [4.69, 9.17) is 0 Å². The second-order valence-electron chi connectivity index (χ2n) is 3.37. The number of rotatable bonds is 9. The highest BCUT2D eigenvalue weighted by molar-refractivity contribution is 4.49. The van der Waals surface area contributed by atoms with Gasteiger partial charge >= 0.3 is 0 Å². The van der Waals surface area contributed by atoms with Gasteiger partial charge in [0.25, 0.3) is 0 Å². The molecular formula is C11H24N. The maximum absolute atomic E-state index is 3.83. The van der Waals surface area contributed by atoms with Crippen molar-refractivity contribution in [2.75, 3.05) is 13.1 Å². The Morgan fingerprint density at radius 3 is 2.25 bits per heavy atom. The number of nitrogens with one attached hydrogen (secondary N) is 1. The van der Waals surface area contributed by atoms with Crippen LogP contribution >= 0.6 is 0 Å². The molecule has 1 N–H and O–H groups in total. The summed E-state index contributed by atoms with van der Waals surface area (Å²) >= 11 is 0. The molecule has 73 valence electrons. The molecule has 0 aliphatic heterocycles. The molecule has 0 aliphatic rings. The first kappa shape index (κ1) is 12.0. The van der Waals surface area contributed by atoms with Gasteiger partial charge in [-0.2, -0.15) is 0 Å². The molecule has 0 unspecified atom stereocenters. The summed E-state index contributed by atoms with van der Waals surface area (Å²) in [5.41, 5.74) is 0. The maximum atomic E-state index is 3.83. The Morgan fingerprint density at radius 1 is 0.917 bits per heavy atom. The fourth-order valence-electron chi connectivity index (χ4n) is 1.26. The third kappa shape index (κ3) is 9.96. The molecular weight excluding hydrogens is 146 g/mol. The van der Waals surface area contributed by atoms with Gasteiger partial charge in [0.1, 0.15) is 0 Å². The Hall–Kier alpha value is -0.0400. The van der Waals surface area contributed by atoms with Gasteiger partial charge in [0, 0.05) is 0 Å². The lowest BCUT2D eigenvalue weighted by Gasteiger charge is -2.02. The molecule has 0 aromatic carbocycles. The van der Waals surface area contributed by atoms with Crippen molar-refractivity contribution >= 4 is 0 Å². The zero-order valence-corrected chi connectivity index (χ0v) is 8.57. The van der Waals surface area contributed by atoms with Crippen LogP contribution < -0.4 is 5.32 Å². The molecule has 1 heteroatoms. The molecule has 0 amide bonds. The van der Waals surface area contributed by atoms with Gasteiger partial charge in [0.2, 0.25) is 0 Å². The molecule has 0 aromatic rings. The van der Waals surface area contributed by atoms with Gasteiger partial charge in [-0.25, -0.2) is 0 Å². The number of unbranched alkanes of at least 4 members (excludes halogenated alkanes) is 5. The van der Waals surface area contributed by atoms with Crippen molar-refractivity contribution in [3.8, 4) is 0 Å². The van der Waals surface area contributed by atoms with Gasteiger partial charge in [-0.05, 0) is 25.9 Å². The Kier molecular flexibility index (Phi) is 10.9. The van der Waals surface area contributed by atoms with E-state index in [9.17, 15) is 0 Å². The summed E-state index contributed by atoms with van der Waals surface area (Å²) in [6.45, 7) is 8.43. The summed E-state index contributed by atoms with van der Waals surface area (Å²) in [4.78, 5) is 0. The Morgan fingerprint density at radius 2 is 1.58 bits per heavy atom. The van der Waals surface area contributed by atoms with Gasteiger partial charge in [0.05, 0.1) is 0 Å². The van der Waals surface area contributed by atoms with Crippen molar-refractivity contribution in [3.63, 3.8) is 0 Å². The lowest BCUT2D eigenvalue weighted by atomic mass is 10.1. The SMILES string of the molecule is [CH2]CCCCCCCNCCC. The lowest BCUT2D eigenvalue weighted by Crippen LogP contribution is -2.15. The molecule has 0 rings (SSSR count). The van der Waals surface area contributed by atoms with Gasteiger partial charge in [0.15, 0.2) is 0 Å². The summed E-state index contributed by atoms with van der Waals surface area (Å²) in [6.07, 6.45) is 9.16. The van der Waals surface area contributed by atoms with Crippen LogP contribution in [-0.4, -0.2) is 13.1 Å². The van der Waals surface area contributed by atoms with Crippen molar-refractivity contribution in [2.24, 2.45) is 0 Å². The molecule has 1 radical (unpaired) electrons. The standard InChI is InChI=1S/C11H24N/c1-3-5-6-7-8-9-11-12-10-4-2/h12H,1,3-11H2,2H3. The van der Waals surface area contributed by atoms with Gasteiger partial charge in [-0.15, -0.1) is 0 Å². The molecule has 0 aliphatic carbocycles. The molecule has 0 saturated heterocycles. The third-order valence-electron chi connectivity index (χ3n) is 2.03. The quantitative estimate of drug-likeness (QED) is 0.524. The monoisotopic (exact) mass is 170 g/mol. The Labute approximate surface area is 77.9 Å². The summed E-state index contributed by atoms with van der Waals surface area (Å²) in [5, 5.41) is 3.41. The van der Waals surface area contributed by atoms with E-state index in [0.29, 0.717) is 0 Å². The van der Waals surface area contributed by atoms with E-state index < -0.39 is 0 Å². The Bertz CT molecular complexity index is 61.4. The van der Waals surface area contributed by atoms with Crippen molar-refractivity contribution in [1.82, 2.24) is 5.32 Å². The van der Waals surface area contributed by atoms with Crippen LogP contribution in [0.1, 0.15) is 51.9 Å². The topological polar surface area (TPSA) is 12.0 Å². The minimum absolute atomic E-state index is 1.11. The molecule has 1 nitrogen and oxygen atoms in total. The second kappa shape index (κ2) is 11.0. The molecule has 0 fully saturated rings. The first-order chi connectivity index (χ1) is 5.91. The maximum Gasteiger partial charge on any atom is -0.00489 e. The summed E-state index contributed by atoms with van der Waals surface area (Å²) in [5.74, 6) is 0. The largest absolute Gasteiger partial charge is 0.317 e. The minimum atomic E-state index is 1.11. The van der Waals surface area contributed by atoms with Gasteiger partial charge in [-0.1, -0.05) is 46.0 Å². The predicted molar refractivity (Wildman–Crippen MR) is 56.2 cm³/mol. The highest BCUT2D eigenvalue weighted by Crippen LogP contribution is 2.03. The van der Waals surface area contributed by atoms with Crippen molar-refractivity contribution in [1.29, 1.82) is 0 Å². The van der Waals surface area contributed by atoms with E-state index in [-0.39, 0.29) is 0 Å². The number of hydrogen-bond donors (Lipinski definition) is 1. The Balaban J connectivity index is 2.73. The van der Waals surface area contributed by atoms with Gasteiger partial charge in [-0.3, -0.25) is 0 Å². The lowest BCUT2D eigenvalue weighted by molar-refractivity contribution is 0.575. The van der Waals surface area contributed by atoms with Crippen molar-refractivity contribution in [3.05, 3.63) is 6.92 Å². The van der Waals surface area contributed by atoms with Crippen LogP contribution in [-0.2, 0) is 0 Å². The highest BCUT2D eigenvalue weighted by Gasteiger charge is 1.89. The fraction of sp³-hybridized carbons (Fsp3) is 0.909. The van der Waals surface area contributed by atoms with Crippen LogP contribution in [0.15, 0.2) is 0 Å². The van der Waals surface area contributed by atoms with Crippen LogP contribution in [0.5, 0.6) is 0 Å². The number of hydrogen-bond acceptors (Lipinski definition) is 1. The van der Waals surface area contributed by atoms with E-state index in [1.807, 2.05) is 0 Å². The van der Waals surface area contributed by atoms with Crippen LogP contribution in [0.4, 0.5) is 0 Å². The van der Waals surface area contributed by atoms with Crippen LogP contribution in [0.25, 0.3) is 0 Å². The molecule has 0 heterocycles. The first-order valence-corrected chi connectivity index (χ1v) is 5.41. The molecule has 0 spiro atoms. The van der Waals surface area contributed by atoms with Crippen LogP contribution in [0.2, 0.25) is 0 Å². The van der Waals surface area contributed by atoms with Gasteiger partial charge < -0.3 is 5.32 Å². The molecule has 0 atom stereocenters. The third-order valence-corrected chi connectivity index (χ3v) is 2.03. The van der Waals surface area contributed by atoms with E-state index in [0.717, 1.165) is 6.42 Å². The summed E-state index contributed by atoms with van der Waals surface area (Å²) in [6, 6.07) is 0. The fourth-order valence-corrected chi connectivity index (χ4v) is 1.26. The average Bonchev–Trinajstić information content (AvgIpc) is 2.10. The summed E-state index contributed by atoms with van der Waals surface area (Å²) < 4.78 is 0. The molecule has 0 aromatic heterocycles. The van der Waals surface area contributed by atoms with E-state index >= 15 is 0 Å². The second-order valence-corrected chi connectivity index (χ2v) is 3.37. The first-order valence-electron chi connectivity index (χ1n) is 5.41. The molecule has 12 heavy (non-hydrogen) atoms. The minimum Gasteiger partial charge on any atom is -0.317 e. The smallest absolute Gasteiger partial charge is 0.00489 e. The van der Waals surface area contributed by atoms with E-state index in [1.165, 1.54) is 51.6 Å². The summed E-state index contributed by atoms with van der Waals surface area (Å²) in [7, 11) is 0. The van der Waals surface area contributed by atoms with Crippen LogP contribution in [0.3, 0.4) is 0 Å². The zero-order valence-electron chi connectivity index (χ0n) is 8.57. The van der Waals surface area contributed by atoms with Crippen molar-refractivity contribution in [2.45, 2.75) is 51.9 Å². The highest BCUT2D eigenvalue weighted by atomic mass is 14.8.